The zero-order valence-corrected chi connectivity index (χ0v) is 16.4. The maximum atomic E-state index is 12.2. The normalized spacial score (nSPS) is 10.6. The van der Waals surface area contributed by atoms with Crippen molar-refractivity contribution in [1.82, 2.24) is 14.8 Å². The van der Waals surface area contributed by atoms with Crippen LogP contribution in [0.5, 0.6) is 0 Å². The molecule has 1 amide bonds. The Hall–Kier alpha value is -2.91. The number of nitrogens with zero attached hydrogens (tertiary/aromatic N) is 4. The summed E-state index contributed by atoms with van der Waals surface area (Å²) in [6.45, 7) is 0. The fourth-order valence-electron chi connectivity index (χ4n) is 2.46. The van der Waals surface area contributed by atoms with Crippen molar-refractivity contribution in [2.45, 2.75) is 11.6 Å². The SMILES string of the molecule is Cn1c(Cc2ccccc2)nnc1SCC(=O)Nc1ccc(Cl)c([N+](=O)[O-])c1. The van der Waals surface area contributed by atoms with Crippen LogP contribution in [0.2, 0.25) is 5.02 Å². The molecule has 10 heteroatoms. The molecule has 8 nitrogen and oxygen atoms in total. The van der Waals surface area contributed by atoms with Crippen LogP contribution in [0.4, 0.5) is 11.4 Å². The van der Waals surface area contributed by atoms with Gasteiger partial charge in [0.2, 0.25) is 5.91 Å². The molecule has 0 atom stereocenters. The van der Waals surface area contributed by atoms with Crippen molar-refractivity contribution in [3.8, 4) is 0 Å². The van der Waals surface area contributed by atoms with Gasteiger partial charge in [0, 0.05) is 25.2 Å². The third-order valence-corrected chi connectivity index (χ3v) is 5.23. The van der Waals surface area contributed by atoms with E-state index in [9.17, 15) is 14.9 Å². The number of hydrogen-bond acceptors (Lipinski definition) is 6. The summed E-state index contributed by atoms with van der Waals surface area (Å²) in [5.41, 5.74) is 1.17. The Kier molecular flexibility index (Phi) is 6.27. The van der Waals surface area contributed by atoms with Crippen LogP contribution in [0.3, 0.4) is 0 Å². The molecule has 0 bridgehead atoms. The van der Waals surface area contributed by atoms with Gasteiger partial charge in [0.15, 0.2) is 5.16 Å². The molecule has 0 unspecified atom stereocenters. The largest absolute Gasteiger partial charge is 0.325 e. The highest BCUT2D eigenvalue weighted by Crippen LogP contribution is 2.27. The van der Waals surface area contributed by atoms with Crippen molar-refractivity contribution in [1.29, 1.82) is 0 Å². The second-order valence-corrected chi connectivity index (χ2v) is 7.23. The second kappa shape index (κ2) is 8.85. The Morgan fingerprint density at radius 2 is 2.00 bits per heavy atom. The third kappa shape index (κ3) is 4.87. The predicted octanol–water partition coefficient (Wildman–Crippen LogP) is 3.70. The lowest BCUT2D eigenvalue weighted by molar-refractivity contribution is -0.384. The average Bonchev–Trinajstić information content (AvgIpc) is 3.02. The van der Waals surface area contributed by atoms with Crippen molar-refractivity contribution < 1.29 is 9.72 Å². The van der Waals surface area contributed by atoms with Crippen molar-refractivity contribution in [3.05, 3.63) is 75.1 Å². The molecule has 28 heavy (non-hydrogen) atoms. The Balaban J connectivity index is 1.59. The van der Waals surface area contributed by atoms with Crippen LogP contribution in [-0.2, 0) is 18.3 Å². The number of nitrogens with one attached hydrogen (secondary N) is 1. The Bertz CT molecular complexity index is 1010. The number of nitro benzene ring substituents is 1. The zero-order chi connectivity index (χ0) is 20.1. The van der Waals surface area contributed by atoms with E-state index in [0.29, 0.717) is 17.3 Å². The maximum Gasteiger partial charge on any atom is 0.289 e. The Morgan fingerprint density at radius 1 is 1.25 bits per heavy atom. The summed E-state index contributed by atoms with van der Waals surface area (Å²) < 4.78 is 1.85. The number of anilines is 1. The first-order chi connectivity index (χ1) is 13.4. The molecule has 0 fully saturated rings. The molecule has 0 saturated heterocycles. The Morgan fingerprint density at radius 3 is 2.71 bits per heavy atom. The van der Waals surface area contributed by atoms with Gasteiger partial charge >= 0.3 is 0 Å². The van der Waals surface area contributed by atoms with Crippen molar-refractivity contribution in [3.63, 3.8) is 0 Å². The maximum absolute atomic E-state index is 12.2. The molecule has 2 aromatic carbocycles. The summed E-state index contributed by atoms with van der Waals surface area (Å²) in [4.78, 5) is 22.5. The number of amides is 1. The fraction of sp³-hybridized carbons (Fsp3) is 0.167. The number of benzene rings is 2. The summed E-state index contributed by atoms with van der Waals surface area (Å²) >= 11 is 7.01. The number of carbonyl (C=O) groups is 1. The molecule has 0 spiro atoms. The van der Waals surface area contributed by atoms with Crippen LogP contribution >= 0.6 is 23.4 Å². The van der Waals surface area contributed by atoms with E-state index in [-0.39, 0.29) is 22.4 Å². The number of halogens is 1. The van der Waals surface area contributed by atoms with Gasteiger partial charge in [-0.25, -0.2) is 0 Å². The second-order valence-electron chi connectivity index (χ2n) is 5.88. The van der Waals surface area contributed by atoms with Crippen LogP contribution < -0.4 is 5.32 Å². The molecule has 0 aliphatic carbocycles. The molecule has 0 aliphatic heterocycles. The van der Waals surface area contributed by atoms with Crippen molar-refractivity contribution in [2.75, 3.05) is 11.1 Å². The van der Waals surface area contributed by atoms with Crippen LogP contribution in [-0.4, -0.2) is 31.3 Å². The lowest BCUT2D eigenvalue weighted by atomic mass is 10.1. The minimum Gasteiger partial charge on any atom is -0.325 e. The van der Waals surface area contributed by atoms with Crippen molar-refractivity contribution >= 4 is 40.6 Å². The first kappa shape index (κ1) is 19.8. The zero-order valence-electron chi connectivity index (χ0n) is 14.8. The summed E-state index contributed by atoms with van der Waals surface area (Å²) in [5, 5.41) is 22.5. The van der Waals surface area contributed by atoms with Crippen LogP contribution in [0.25, 0.3) is 0 Å². The first-order valence-corrected chi connectivity index (χ1v) is 9.59. The molecular weight excluding hydrogens is 402 g/mol. The average molecular weight is 418 g/mol. The summed E-state index contributed by atoms with van der Waals surface area (Å²) in [7, 11) is 1.85. The molecule has 3 rings (SSSR count). The number of carbonyl (C=O) groups excluding carboxylic acids is 1. The van der Waals surface area contributed by atoms with Crippen LogP contribution in [0, 0.1) is 10.1 Å². The van der Waals surface area contributed by atoms with E-state index in [1.165, 1.54) is 30.0 Å². The van der Waals surface area contributed by atoms with Gasteiger partial charge in [0.05, 0.1) is 10.7 Å². The van der Waals surface area contributed by atoms with E-state index in [4.69, 9.17) is 11.6 Å². The molecular formula is C18H16ClN5O3S. The van der Waals surface area contributed by atoms with Gasteiger partial charge in [0.1, 0.15) is 10.8 Å². The number of hydrogen-bond donors (Lipinski definition) is 1. The van der Waals surface area contributed by atoms with E-state index in [2.05, 4.69) is 15.5 Å². The molecule has 0 saturated carbocycles. The number of nitro groups is 1. The highest BCUT2D eigenvalue weighted by atomic mass is 35.5. The lowest BCUT2D eigenvalue weighted by Gasteiger charge is -2.06. The molecule has 1 heterocycles. The minimum absolute atomic E-state index is 0.0161. The molecule has 3 aromatic rings. The van der Waals surface area contributed by atoms with Crippen LogP contribution in [0.1, 0.15) is 11.4 Å². The van der Waals surface area contributed by atoms with Gasteiger partial charge in [-0.15, -0.1) is 10.2 Å². The summed E-state index contributed by atoms with van der Waals surface area (Å²) in [6, 6.07) is 14.0. The molecule has 1 aromatic heterocycles. The van der Waals surface area contributed by atoms with Gasteiger partial charge in [-0.1, -0.05) is 53.7 Å². The van der Waals surface area contributed by atoms with Gasteiger partial charge in [-0.3, -0.25) is 14.9 Å². The van der Waals surface area contributed by atoms with E-state index >= 15 is 0 Å². The van der Waals surface area contributed by atoms with Crippen molar-refractivity contribution in [2.24, 2.45) is 7.05 Å². The third-order valence-electron chi connectivity index (χ3n) is 3.89. The standard InChI is InChI=1S/C18H16ClN5O3S/c1-23-16(9-12-5-3-2-4-6-12)21-22-18(23)28-11-17(25)20-13-7-8-14(19)15(10-13)24(26)27/h2-8,10H,9,11H2,1H3,(H,20,25). The summed E-state index contributed by atoms with van der Waals surface area (Å²) in [6.07, 6.45) is 0.644. The van der Waals surface area contributed by atoms with Gasteiger partial charge in [0.25, 0.3) is 5.69 Å². The van der Waals surface area contributed by atoms with E-state index in [1.54, 1.807) is 0 Å². The highest BCUT2D eigenvalue weighted by Gasteiger charge is 2.15. The highest BCUT2D eigenvalue weighted by molar-refractivity contribution is 7.99. The number of rotatable bonds is 7. The lowest BCUT2D eigenvalue weighted by Crippen LogP contribution is -2.14. The van der Waals surface area contributed by atoms with Crippen LogP contribution in [0.15, 0.2) is 53.7 Å². The van der Waals surface area contributed by atoms with E-state index in [1.807, 2.05) is 41.9 Å². The van der Waals surface area contributed by atoms with Gasteiger partial charge in [-0.2, -0.15) is 0 Å². The smallest absolute Gasteiger partial charge is 0.289 e. The Labute approximate surface area is 170 Å². The molecule has 0 aliphatic rings. The molecule has 1 N–H and O–H groups in total. The number of aromatic nitrogens is 3. The van der Waals surface area contributed by atoms with E-state index in [0.717, 1.165) is 11.4 Å². The van der Waals surface area contributed by atoms with Gasteiger partial charge < -0.3 is 9.88 Å². The first-order valence-electron chi connectivity index (χ1n) is 8.23. The fourth-order valence-corrected chi connectivity index (χ4v) is 3.38. The topological polar surface area (TPSA) is 103 Å². The quantitative estimate of drug-likeness (QED) is 0.357. The minimum atomic E-state index is -0.597. The summed E-state index contributed by atoms with van der Waals surface area (Å²) in [5.74, 6) is 0.574. The van der Waals surface area contributed by atoms with Gasteiger partial charge in [-0.05, 0) is 17.7 Å². The molecule has 144 valence electrons. The monoisotopic (exact) mass is 417 g/mol. The molecule has 0 radical (unpaired) electrons. The predicted molar refractivity (Wildman–Crippen MR) is 108 cm³/mol. The van der Waals surface area contributed by atoms with E-state index < -0.39 is 4.92 Å². The number of thioether (sulfide) groups is 1.